The maximum atomic E-state index is 13.8. The van der Waals surface area contributed by atoms with Gasteiger partial charge in [-0.25, -0.2) is 9.18 Å². The summed E-state index contributed by atoms with van der Waals surface area (Å²) in [6, 6.07) is 10.8. The third-order valence-corrected chi connectivity index (χ3v) is 4.92. The van der Waals surface area contributed by atoms with E-state index in [1.807, 2.05) is 13.8 Å². The highest BCUT2D eigenvalue weighted by Gasteiger charge is 2.28. The minimum Gasteiger partial charge on any atom is -0.465 e. The Kier molecular flexibility index (Phi) is 4.95. The first-order valence-corrected chi connectivity index (χ1v) is 9.40. The number of H-pyrrole nitrogens is 1. The number of aromatic nitrogens is 2. The van der Waals surface area contributed by atoms with Crippen molar-refractivity contribution >= 4 is 22.7 Å². The highest BCUT2D eigenvalue weighted by molar-refractivity contribution is 6.19. The number of nitrogens with zero attached hydrogens (tertiary/aromatic N) is 1. The van der Waals surface area contributed by atoms with E-state index in [1.165, 1.54) is 19.2 Å². The standard InChI is InChI=1S/C23H19FN2O4/c1-12(2)22-19(20(26-30-22)13-5-4-6-15(24)9-13)21(27)17-11-25-18-10-14(23(28)29-3)7-8-16(17)18/h4-12,25H,1-3H3. The van der Waals surface area contributed by atoms with E-state index in [4.69, 9.17) is 9.26 Å². The SMILES string of the molecule is COC(=O)c1ccc2c(C(=O)c3c(-c4cccc(F)c4)noc3C(C)C)c[nH]c2c1. The van der Waals surface area contributed by atoms with Gasteiger partial charge in [0, 0.05) is 34.1 Å². The maximum absolute atomic E-state index is 13.8. The van der Waals surface area contributed by atoms with Crippen molar-refractivity contribution in [1.82, 2.24) is 10.1 Å². The fourth-order valence-corrected chi connectivity index (χ4v) is 3.44. The average Bonchev–Trinajstić information content (AvgIpc) is 3.37. The quantitative estimate of drug-likeness (QED) is 0.368. The van der Waals surface area contributed by atoms with Crippen molar-refractivity contribution in [2.45, 2.75) is 19.8 Å². The van der Waals surface area contributed by atoms with E-state index in [0.717, 1.165) is 0 Å². The van der Waals surface area contributed by atoms with Gasteiger partial charge in [-0.3, -0.25) is 4.79 Å². The summed E-state index contributed by atoms with van der Waals surface area (Å²) in [5.41, 5.74) is 2.46. The summed E-state index contributed by atoms with van der Waals surface area (Å²) in [5, 5.41) is 4.72. The van der Waals surface area contributed by atoms with Gasteiger partial charge in [0.15, 0.2) is 5.76 Å². The number of ether oxygens (including phenoxy) is 1. The van der Waals surface area contributed by atoms with Crippen LogP contribution in [0.3, 0.4) is 0 Å². The van der Waals surface area contributed by atoms with Crippen LogP contribution in [0.4, 0.5) is 4.39 Å². The van der Waals surface area contributed by atoms with Crippen molar-refractivity contribution in [3.8, 4) is 11.3 Å². The summed E-state index contributed by atoms with van der Waals surface area (Å²) in [6.07, 6.45) is 1.58. The van der Waals surface area contributed by atoms with Crippen molar-refractivity contribution in [1.29, 1.82) is 0 Å². The van der Waals surface area contributed by atoms with Gasteiger partial charge in [0.05, 0.1) is 18.2 Å². The molecule has 2 aromatic heterocycles. The molecule has 0 unspecified atom stereocenters. The van der Waals surface area contributed by atoms with E-state index in [0.29, 0.717) is 44.6 Å². The average molecular weight is 406 g/mol. The lowest BCUT2D eigenvalue weighted by Gasteiger charge is -2.06. The monoisotopic (exact) mass is 406 g/mol. The van der Waals surface area contributed by atoms with Crippen molar-refractivity contribution in [2.24, 2.45) is 0 Å². The number of aromatic amines is 1. The molecule has 0 aliphatic rings. The molecule has 1 N–H and O–H groups in total. The predicted octanol–water partition coefficient (Wildman–Crippen LogP) is 5.10. The number of carbonyl (C=O) groups is 2. The van der Waals surface area contributed by atoms with Gasteiger partial charge in [-0.05, 0) is 24.3 Å². The lowest BCUT2D eigenvalue weighted by atomic mass is 9.94. The molecule has 7 heteroatoms. The van der Waals surface area contributed by atoms with Gasteiger partial charge in [-0.2, -0.15) is 0 Å². The normalized spacial score (nSPS) is 11.2. The Morgan fingerprint density at radius 3 is 2.67 bits per heavy atom. The van der Waals surface area contributed by atoms with Crippen LogP contribution >= 0.6 is 0 Å². The fraction of sp³-hybridized carbons (Fsp3) is 0.174. The molecule has 4 rings (SSSR count). The topological polar surface area (TPSA) is 85.2 Å². The number of ketones is 1. The minimum atomic E-state index is -0.464. The molecule has 30 heavy (non-hydrogen) atoms. The molecule has 2 aromatic carbocycles. The Labute approximate surface area is 171 Å². The summed E-state index contributed by atoms with van der Waals surface area (Å²) >= 11 is 0. The Hall–Kier alpha value is -3.74. The molecule has 152 valence electrons. The molecule has 6 nitrogen and oxygen atoms in total. The van der Waals surface area contributed by atoms with Gasteiger partial charge in [-0.1, -0.05) is 37.2 Å². The van der Waals surface area contributed by atoms with Gasteiger partial charge in [0.25, 0.3) is 0 Å². The summed E-state index contributed by atoms with van der Waals surface area (Å²) in [4.78, 5) is 28.4. The zero-order valence-electron chi connectivity index (χ0n) is 16.7. The molecule has 0 amide bonds. The van der Waals surface area contributed by atoms with E-state index >= 15 is 0 Å². The zero-order valence-corrected chi connectivity index (χ0v) is 16.7. The minimum absolute atomic E-state index is 0.102. The predicted molar refractivity (Wildman–Crippen MR) is 109 cm³/mol. The molecule has 0 saturated carbocycles. The third-order valence-electron chi connectivity index (χ3n) is 4.92. The Balaban J connectivity index is 1.85. The smallest absolute Gasteiger partial charge is 0.337 e. The molecule has 0 spiro atoms. The van der Waals surface area contributed by atoms with Crippen molar-refractivity contribution in [2.75, 3.05) is 7.11 Å². The van der Waals surface area contributed by atoms with Crippen LogP contribution < -0.4 is 0 Å². The third kappa shape index (κ3) is 3.28. The number of benzene rings is 2. The van der Waals surface area contributed by atoms with Crippen LogP contribution in [0.25, 0.3) is 22.2 Å². The van der Waals surface area contributed by atoms with Gasteiger partial charge in [-0.15, -0.1) is 0 Å². The van der Waals surface area contributed by atoms with Gasteiger partial charge < -0.3 is 14.2 Å². The number of methoxy groups -OCH3 is 1. The summed E-state index contributed by atoms with van der Waals surface area (Å²) < 4.78 is 24.0. The lowest BCUT2D eigenvalue weighted by molar-refractivity contribution is 0.0600. The second kappa shape index (κ2) is 7.59. The molecular formula is C23H19FN2O4. The molecule has 0 saturated heterocycles. The molecule has 2 heterocycles. The van der Waals surface area contributed by atoms with E-state index < -0.39 is 11.8 Å². The van der Waals surface area contributed by atoms with E-state index in [2.05, 4.69) is 10.1 Å². The molecule has 0 fully saturated rings. The van der Waals surface area contributed by atoms with Gasteiger partial charge in [0.1, 0.15) is 11.5 Å². The number of rotatable bonds is 5. The molecule has 0 aliphatic heterocycles. The van der Waals surface area contributed by atoms with Crippen LogP contribution in [-0.2, 0) is 4.74 Å². The Morgan fingerprint density at radius 1 is 1.17 bits per heavy atom. The van der Waals surface area contributed by atoms with Crippen LogP contribution in [-0.4, -0.2) is 29.0 Å². The number of esters is 1. The van der Waals surface area contributed by atoms with Crippen LogP contribution in [0.15, 0.2) is 53.2 Å². The second-order valence-electron chi connectivity index (χ2n) is 7.22. The number of carbonyl (C=O) groups excluding carboxylic acids is 2. The van der Waals surface area contributed by atoms with Gasteiger partial charge >= 0.3 is 5.97 Å². The molecule has 0 radical (unpaired) electrons. The highest BCUT2D eigenvalue weighted by atomic mass is 19.1. The first-order chi connectivity index (χ1) is 14.4. The number of hydrogen-bond donors (Lipinski definition) is 1. The van der Waals surface area contributed by atoms with Crippen LogP contribution in [0, 0.1) is 5.82 Å². The molecule has 0 atom stereocenters. The molecule has 0 bridgehead atoms. The first kappa shape index (κ1) is 19.6. The largest absolute Gasteiger partial charge is 0.465 e. The summed E-state index contributed by atoms with van der Waals surface area (Å²) in [5.74, 6) is -0.859. The molecule has 0 aliphatic carbocycles. The molecule has 4 aromatic rings. The first-order valence-electron chi connectivity index (χ1n) is 9.40. The van der Waals surface area contributed by atoms with E-state index in [9.17, 15) is 14.0 Å². The van der Waals surface area contributed by atoms with Crippen LogP contribution in [0.5, 0.6) is 0 Å². The maximum Gasteiger partial charge on any atom is 0.337 e. The zero-order chi connectivity index (χ0) is 21.4. The number of hydrogen-bond acceptors (Lipinski definition) is 5. The fourth-order valence-electron chi connectivity index (χ4n) is 3.44. The summed E-state index contributed by atoms with van der Waals surface area (Å²) in [6.45, 7) is 3.79. The number of fused-ring (bicyclic) bond motifs is 1. The van der Waals surface area contributed by atoms with Crippen molar-refractivity contribution in [3.05, 3.63) is 76.9 Å². The molecular weight excluding hydrogens is 387 g/mol. The lowest BCUT2D eigenvalue weighted by Crippen LogP contribution is -2.06. The Morgan fingerprint density at radius 2 is 1.97 bits per heavy atom. The highest BCUT2D eigenvalue weighted by Crippen LogP contribution is 2.33. The van der Waals surface area contributed by atoms with Crippen molar-refractivity contribution < 1.29 is 23.2 Å². The van der Waals surface area contributed by atoms with E-state index in [1.54, 1.807) is 36.5 Å². The van der Waals surface area contributed by atoms with Gasteiger partial charge in [0.2, 0.25) is 5.78 Å². The van der Waals surface area contributed by atoms with Crippen molar-refractivity contribution in [3.63, 3.8) is 0 Å². The second-order valence-corrected chi connectivity index (χ2v) is 7.22. The van der Waals surface area contributed by atoms with E-state index in [-0.39, 0.29) is 11.7 Å². The van der Waals surface area contributed by atoms with Crippen LogP contribution in [0.2, 0.25) is 0 Å². The Bertz CT molecular complexity index is 1270. The summed E-state index contributed by atoms with van der Waals surface area (Å²) in [7, 11) is 1.31. The number of nitrogens with one attached hydrogen (secondary N) is 1. The number of halogens is 1. The van der Waals surface area contributed by atoms with Crippen LogP contribution in [0.1, 0.15) is 51.8 Å².